The molecule has 2 amide bonds. The van der Waals surface area contributed by atoms with Gasteiger partial charge in [-0.1, -0.05) is 41.4 Å². The average molecular weight is 406 g/mol. The van der Waals surface area contributed by atoms with Crippen LogP contribution in [0.5, 0.6) is 5.75 Å². The van der Waals surface area contributed by atoms with Crippen molar-refractivity contribution in [3.63, 3.8) is 0 Å². The van der Waals surface area contributed by atoms with Crippen LogP contribution in [0.2, 0.25) is 10.2 Å². The van der Waals surface area contributed by atoms with Gasteiger partial charge in [0, 0.05) is 0 Å². The van der Waals surface area contributed by atoms with E-state index in [2.05, 4.69) is 15.8 Å². The molecule has 0 aliphatic rings. The number of rotatable bonds is 5. The fourth-order valence-corrected chi connectivity index (χ4v) is 2.40. The van der Waals surface area contributed by atoms with Crippen LogP contribution < -0.4 is 15.6 Å². The molecule has 2 N–H and O–H groups in total. The standard InChI is InChI=1S/C18H13Cl2N3O4/c19-13-7-9-15(20)21-16(13)18(25)23-22-17(24)14-8-6-12(27-14)10-26-11-4-2-1-3-5-11/h1-9H,10H2,(H,22,24)(H,23,25). The molecular weight excluding hydrogens is 393 g/mol. The first-order valence-electron chi connectivity index (χ1n) is 7.72. The van der Waals surface area contributed by atoms with Crippen molar-refractivity contribution in [2.75, 3.05) is 0 Å². The second-order valence-electron chi connectivity index (χ2n) is 5.24. The number of hydrogen-bond acceptors (Lipinski definition) is 5. The minimum absolute atomic E-state index is 0.00659. The summed E-state index contributed by atoms with van der Waals surface area (Å²) in [6, 6.07) is 15.1. The van der Waals surface area contributed by atoms with E-state index in [-0.39, 0.29) is 28.2 Å². The number of nitrogens with one attached hydrogen (secondary N) is 2. The molecule has 138 valence electrons. The van der Waals surface area contributed by atoms with Crippen LogP contribution in [0.15, 0.2) is 59.0 Å². The number of para-hydroxylation sites is 1. The molecule has 0 aliphatic heterocycles. The summed E-state index contributed by atoms with van der Waals surface area (Å²) < 4.78 is 10.9. The van der Waals surface area contributed by atoms with Gasteiger partial charge in [-0.2, -0.15) is 0 Å². The maximum absolute atomic E-state index is 12.1. The maximum atomic E-state index is 12.1. The maximum Gasteiger partial charge on any atom is 0.305 e. The number of amides is 2. The molecule has 0 bridgehead atoms. The summed E-state index contributed by atoms with van der Waals surface area (Å²) in [4.78, 5) is 27.9. The fourth-order valence-electron chi connectivity index (χ4n) is 2.06. The highest BCUT2D eigenvalue weighted by molar-refractivity contribution is 6.34. The van der Waals surface area contributed by atoms with Crippen LogP contribution in [-0.2, 0) is 6.61 Å². The number of aromatic nitrogens is 1. The molecule has 0 fully saturated rings. The molecule has 0 aliphatic carbocycles. The molecule has 0 unspecified atom stereocenters. The van der Waals surface area contributed by atoms with E-state index >= 15 is 0 Å². The van der Waals surface area contributed by atoms with Crippen LogP contribution in [0.25, 0.3) is 0 Å². The van der Waals surface area contributed by atoms with Crippen molar-refractivity contribution in [1.29, 1.82) is 0 Å². The van der Waals surface area contributed by atoms with Gasteiger partial charge >= 0.3 is 5.91 Å². The number of benzene rings is 1. The molecule has 3 aromatic rings. The average Bonchev–Trinajstić information content (AvgIpc) is 3.16. The Morgan fingerprint density at radius 2 is 1.70 bits per heavy atom. The van der Waals surface area contributed by atoms with Crippen molar-refractivity contribution in [2.45, 2.75) is 6.61 Å². The Hall–Kier alpha value is -3.03. The summed E-state index contributed by atoms with van der Waals surface area (Å²) in [7, 11) is 0. The number of hydrogen-bond donors (Lipinski definition) is 2. The molecule has 0 saturated heterocycles. The quantitative estimate of drug-likeness (QED) is 0.499. The number of carbonyl (C=O) groups is 2. The normalized spacial score (nSPS) is 10.3. The van der Waals surface area contributed by atoms with Crippen LogP contribution in [0.4, 0.5) is 0 Å². The Labute approximate surface area is 164 Å². The molecule has 7 nitrogen and oxygen atoms in total. The highest BCUT2D eigenvalue weighted by Gasteiger charge is 2.16. The zero-order valence-electron chi connectivity index (χ0n) is 13.7. The van der Waals surface area contributed by atoms with Gasteiger partial charge in [0.1, 0.15) is 29.0 Å². The van der Waals surface area contributed by atoms with Crippen molar-refractivity contribution >= 4 is 35.0 Å². The molecule has 2 heterocycles. The molecule has 1 aromatic carbocycles. The van der Waals surface area contributed by atoms with Gasteiger partial charge in [0.25, 0.3) is 5.91 Å². The number of hydrazine groups is 1. The molecule has 0 atom stereocenters. The zero-order valence-corrected chi connectivity index (χ0v) is 15.3. The monoisotopic (exact) mass is 405 g/mol. The van der Waals surface area contributed by atoms with Gasteiger partial charge in [-0.15, -0.1) is 0 Å². The van der Waals surface area contributed by atoms with E-state index in [0.717, 1.165) is 0 Å². The van der Waals surface area contributed by atoms with Gasteiger partial charge in [0.2, 0.25) is 0 Å². The second-order valence-corrected chi connectivity index (χ2v) is 6.03. The van der Waals surface area contributed by atoms with Crippen LogP contribution in [0.3, 0.4) is 0 Å². The number of pyridine rings is 1. The van der Waals surface area contributed by atoms with Crippen LogP contribution in [0.1, 0.15) is 26.8 Å². The van der Waals surface area contributed by atoms with Crippen molar-refractivity contribution in [2.24, 2.45) is 0 Å². The van der Waals surface area contributed by atoms with E-state index in [9.17, 15) is 9.59 Å². The van der Waals surface area contributed by atoms with Gasteiger partial charge in [-0.05, 0) is 36.4 Å². The van der Waals surface area contributed by atoms with E-state index in [4.69, 9.17) is 32.4 Å². The summed E-state index contributed by atoms with van der Waals surface area (Å²) in [6.45, 7) is 0.158. The molecular formula is C18H13Cl2N3O4. The van der Waals surface area contributed by atoms with Crippen molar-refractivity contribution in [1.82, 2.24) is 15.8 Å². The lowest BCUT2D eigenvalue weighted by Crippen LogP contribution is -2.42. The van der Waals surface area contributed by atoms with Gasteiger partial charge in [-0.25, -0.2) is 4.98 Å². The van der Waals surface area contributed by atoms with Crippen LogP contribution in [-0.4, -0.2) is 16.8 Å². The highest BCUT2D eigenvalue weighted by atomic mass is 35.5. The molecule has 27 heavy (non-hydrogen) atoms. The first-order chi connectivity index (χ1) is 13.0. The Kier molecular flexibility index (Phi) is 5.95. The van der Waals surface area contributed by atoms with Crippen molar-refractivity contribution in [3.8, 4) is 5.75 Å². The summed E-state index contributed by atoms with van der Waals surface area (Å²) in [5.74, 6) is -0.220. The zero-order chi connectivity index (χ0) is 19.2. The van der Waals surface area contributed by atoms with E-state index in [1.165, 1.54) is 18.2 Å². The Bertz CT molecular complexity index is 960. The van der Waals surface area contributed by atoms with E-state index in [1.807, 2.05) is 18.2 Å². The fraction of sp³-hybridized carbons (Fsp3) is 0.0556. The van der Waals surface area contributed by atoms with E-state index in [0.29, 0.717) is 11.5 Å². The Balaban J connectivity index is 1.55. The van der Waals surface area contributed by atoms with Gasteiger partial charge in [0.05, 0.1) is 5.02 Å². The lowest BCUT2D eigenvalue weighted by atomic mass is 10.3. The van der Waals surface area contributed by atoms with Crippen molar-refractivity contribution in [3.05, 3.63) is 82.0 Å². The minimum Gasteiger partial charge on any atom is -0.486 e. The van der Waals surface area contributed by atoms with E-state index < -0.39 is 11.8 Å². The topological polar surface area (TPSA) is 93.5 Å². The Morgan fingerprint density at radius 3 is 2.48 bits per heavy atom. The van der Waals surface area contributed by atoms with Gasteiger partial charge in [0.15, 0.2) is 5.76 Å². The number of ether oxygens (including phenoxy) is 1. The highest BCUT2D eigenvalue weighted by Crippen LogP contribution is 2.17. The molecule has 0 spiro atoms. The number of halogens is 2. The largest absolute Gasteiger partial charge is 0.486 e. The van der Waals surface area contributed by atoms with Crippen LogP contribution in [0, 0.1) is 0 Å². The number of carbonyl (C=O) groups excluding carboxylic acids is 2. The first-order valence-corrected chi connectivity index (χ1v) is 8.48. The van der Waals surface area contributed by atoms with Gasteiger partial charge < -0.3 is 9.15 Å². The molecule has 2 aromatic heterocycles. The minimum atomic E-state index is -0.713. The first kappa shape index (κ1) is 18.8. The number of furan rings is 1. The van der Waals surface area contributed by atoms with E-state index in [1.54, 1.807) is 18.2 Å². The molecule has 0 radical (unpaired) electrons. The predicted molar refractivity (Wildman–Crippen MR) is 98.7 cm³/mol. The summed E-state index contributed by atoms with van der Waals surface area (Å²) in [5, 5.41) is 0.203. The third kappa shape index (κ3) is 4.99. The lowest BCUT2D eigenvalue weighted by molar-refractivity contribution is 0.0826. The summed E-state index contributed by atoms with van der Waals surface area (Å²) in [6.07, 6.45) is 0. The van der Waals surface area contributed by atoms with Gasteiger partial charge in [-0.3, -0.25) is 20.4 Å². The number of nitrogens with zero attached hydrogens (tertiary/aromatic N) is 1. The smallest absolute Gasteiger partial charge is 0.305 e. The summed E-state index contributed by atoms with van der Waals surface area (Å²) >= 11 is 11.6. The molecule has 0 saturated carbocycles. The molecule has 3 rings (SSSR count). The predicted octanol–water partition coefficient (Wildman–Crippen LogP) is 3.64. The molecule has 9 heteroatoms. The third-order valence-electron chi connectivity index (χ3n) is 3.33. The SMILES string of the molecule is O=C(NNC(=O)c1nc(Cl)ccc1Cl)c1ccc(COc2ccccc2)o1. The van der Waals surface area contributed by atoms with Crippen LogP contribution >= 0.6 is 23.2 Å². The lowest BCUT2D eigenvalue weighted by Gasteiger charge is -2.07. The summed E-state index contributed by atoms with van der Waals surface area (Å²) in [5.41, 5.74) is 4.30. The van der Waals surface area contributed by atoms with Crippen molar-refractivity contribution < 1.29 is 18.7 Å². The second kappa shape index (κ2) is 8.57. The Morgan fingerprint density at radius 1 is 0.963 bits per heavy atom. The third-order valence-corrected chi connectivity index (χ3v) is 3.84.